The van der Waals surface area contributed by atoms with Gasteiger partial charge < -0.3 is 4.90 Å². The van der Waals surface area contributed by atoms with Crippen LogP contribution >= 0.6 is 0 Å². The molecule has 0 bridgehead atoms. The largest absolute Gasteiger partial charge is 0.374 e. The molecular weight excluding hydrogens is 184 g/mol. The second-order valence-electron chi connectivity index (χ2n) is 3.48. The first kappa shape index (κ1) is 11.6. The lowest BCUT2D eigenvalue weighted by atomic mass is 10.0. The van der Waals surface area contributed by atoms with E-state index in [1.54, 1.807) is 0 Å². The van der Waals surface area contributed by atoms with E-state index in [0.29, 0.717) is 0 Å². The number of anilines is 1. The van der Waals surface area contributed by atoms with E-state index in [1.807, 2.05) is 26.0 Å². The number of benzene rings is 1. The highest BCUT2D eigenvalue weighted by molar-refractivity contribution is 5.58. The van der Waals surface area contributed by atoms with Gasteiger partial charge in [0.1, 0.15) is 0 Å². The topological polar surface area (TPSA) is 27.0 Å². The first-order valence-corrected chi connectivity index (χ1v) is 5.55. The predicted molar refractivity (Wildman–Crippen MR) is 64.1 cm³/mol. The molecule has 0 amide bonds. The number of aryl methyl sites for hydroxylation is 1. The summed E-state index contributed by atoms with van der Waals surface area (Å²) in [5.41, 5.74) is 3.35. The fourth-order valence-corrected chi connectivity index (χ4v) is 1.83. The van der Waals surface area contributed by atoms with Crippen molar-refractivity contribution in [2.24, 2.45) is 0 Å². The molecule has 0 unspecified atom stereocenters. The zero-order valence-corrected chi connectivity index (χ0v) is 9.75. The van der Waals surface area contributed by atoms with Crippen molar-refractivity contribution >= 4 is 5.69 Å². The van der Waals surface area contributed by atoms with Gasteiger partial charge in [-0.3, -0.25) is 0 Å². The first-order chi connectivity index (χ1) is 7.31. The van der Waals surface area contributed by atoms with Crippen molar-refractivity contribution in [1.29, 1.82) is 5.26 Å². The third kappa shape index (κ3) is 2.50. The molecule has 0 fully saturated rings. The van der Waals surface area contributed by atoms with Gasteiger partial charge in [-0.2, -0.15) is 5.26 Å². The van der Waals surface area contributed by atoms with Crippen molar-refractivity contribution in [2.45, 2.75) is 26.7 Å². The van der Waals surface area contributed by atoms with E-state index in [-0.39, 0.29) is 0 Å². The Hall–Kier alpha value is -1.49. The molecule has 1 heterocycles. The molecule has 2 heteroatoms. The molecule has 0 aliphatic carbocycles. The van der Waals surface area contributed by atoms with Gasteiger partial charge in [0.2, 0.25) is 0 Å². The summed E-state index contributed by atoms with van der Waals surface area (Å²) < 4.78 is 0. The smallest absolute Gasteiger partial charge is 0.0992 e. The summed E-state index contributed by atoms with van der Waals surface area (Å²) in [6.07, 6.45) is 2.36. The normalized spacial score (nSPS) is 13.3. The molecule has 1 aromatic rings. The third-order valence-corrected chi connectivity index (χ3v) is 2.57. The van der Waals surface area contributed by atoms with E-state index >= 15 is 0 Å². The van der Waals surface area contributed by atoms with Crippen molar-refractivity contribution in [3.8, 4) is 6.07 Å². The van der Waals surface area contributed by atoms with E-state index in [4.69, 9.17) is 5.26 Å². The Labute approximate surface area is 92.1 Å². The van der Waals surface area contributed by atoms with Gasteiger partial charge in [-0.25, -0.2) is 0 Å². The maximum absolute atomic E-state index is 8.76. The molecule has 2 rings (SSSR count). The lowest BCUT2D eigenvalue weighted by molar-refractivity contribution is 0.744. The van der Waals surface area contributed by atoms with Crippen LogP contribution in [0.4, 0.5) is 5.69 Å². The second kappa shape index (κ2) is 5.41. The second-order valence-corrected chi connectivity index (χ2v) is 3.48. The van der Waals surface area contributed by atoms with Gasteiger partial charge in [0.05, 0.1) is 11.6 Å². The van der Waals surface area contributed by atoms with Crippen molar-refractivity contribution < 1.29 is 0 Å². The molecule has 1 aliphatic heterocycles. The fraction of sp³-hybridized carbons (Fsp3) is 0.462. The van der Waals surface area contributed by atoms with E-state index in [1.165, 1.54) is 17.7 Å². The molecule has 0 N–H and O–H groups in total. The lowest BCUT2D eigenvalue weighted by Crippen LogP contribution is -2.24. The number of fused-ring (bicyclic) bond motifs is 1. The van der Waals surface area contributed by atoms with Gasteiger partial charge >= 0.3 is 0 Å². The monoisotopic (exact) mass is 202 g/mol. The Balaban J connectivity index is 0.000000531. The highest BCUT2D eigenvalue weighted by atomic mass is 15.1. The van der Waals surface area contributed by atoms with Crippen molar-refractivity contribution in [3.05, 3.63) is 29.3 Å². The summed E-state index contributed by atoms with van der Waals surface area (Å²) in [5.74, 6) is 0. The van der Waals surface area contributed by atoms with Crippen LogP contribution in [0.3, 0.4) is 0 Å². The summed E-state index contributed by atoms with van der Waals surface area (Å²) in [4.78, 5) is 2.22. The van der Waals surface area contributed by atoms with E-state index in [2.05, 4.69) is 24.1 Å². The van der Waals surface area contributed by atoms with Crippen LogP contribution in [-0.2, 0) is 6.42 Å². The quantitative estimate of drug-likeness (QED) is 0.646. The van der Waals surface area contributed by atoms with Crippen LogP contribution in [-0.4, -0.2) is 13.6 Å². The SMILES string of the molecule is CC.CN1CCCc2ccc(C#N)cc21. The summed E-state index contributed by atoms with van der Waals surface area (Å²) in [6, 6.07) is 8.13. The molecule has 0 atom stereocenters. The average molecular weight is 202 g/mol. The number of nitriles is 1. The number of hydrogen-bond acceptors (Lipinski definition) is 2. The minimum absolute atomic E-state index is 0.757. The molecule has 0 radical (unpaired) electrons. The van der Waals surface area contributed by atoms with E-state index in [9.17, 15) is 0 Å². The molecule has 1 aliphatic rings. The zero-order valence-electron chi connectivity index (χ0n) is 9.75. The molecule has 2 nitrogen and oxygen atoms in total. The molecule has 1 aromatic carbocycles. The van der Waals surface area contributed by atoms with Crippen LogP contribution in [0.15, 0.2) is 18.2 Å². The number of hydrogen-bond donors (Lipinski definition) is 0. The van der Waals surface area contributed by atoms with Gasteiger partial charge in [-0.05, 0) is 30.5 Å². The van der Waals surface area contributed by atoms with Gasteiger partial charge in [-0.15, -0.1) is 0 Å². The van der Waals surface area contributed by atoms with Gasteiger partial charge in [0.25, 0.3) is 0 Å². The molecule has 80 valence electrons. The van der Waals surface area contributed by atoms with Crippen LogP contribution in [0.2, 0.25) is 0 Å². The predicted octanol–water partition coefficient (Wildman–Crippen LogP) is 2.97. The summed E-state index contributed by atoms with van der Waals surface area (Å²) in [6.45, 7) is 5.10. The van der Waals surface area contributed by atoms with Crippen LogP contribution < -0.4 is 4.90 Å². The molecule has 0 saturated heterocycles. The lowest BCUT2D eigenvalue weighted by Gasteiger charge is -2.27. The Morgan fingerprint density at radius 3 is 2.73 bits per heavy atom. The van der Waals surface area contributed by atoms with Gasteiger partial charge in [0, 0.05) is 19.3 Å². The van der Waals surface area contributed by atoms with Crippen molar-refractivity contribution in [3.63, 3.8) is 0 Å². The third-order valence-electron chi connectivity index (χ3n) is 2.57. The van der Waals surface area contributed by atoms with E-state index in [0.717, 1.165) is 18.5 Å². The summed E-state index contributed by atoms with van der Waals surface area (Å²) >= 11 is 0. The Morgan fingerprint density at radius 2 is 2.07 bits per heavy atom. The van der Waals surface area contributed by atoms with Crippen LogP contribution in [0.1, 0.15) is 31.4 Å². The highest BCUT2D eigenvalue weighted by Gasteiger charge is 2.13. The Bertz CT molecular complexity index is 363. The van der Waals surface area contributed by atoms with E-state index < -0.39 is 0 Å². The fourth-order valence-electron chi connectivity index (χ4n) is 1.83. The Kier molecular flexibility index (Phi) is 4.17. The van der Waals surface area contributed by atoms with Crippen LogP contribution in [0, 0.1) is 11.3 Å². The maximum atomic E-state index is 8.76. The molecular formula is C13H18N2. The highest BCUT2D eigenvalue weighted by Crippen LogP contribution is 2.26. The zero-order chi connectivity index (χ0) is 11.3. The molecule has 0 spiro atoms. The minimum Gasteiger partial charge on any atom is -0.374 e. The average Bonchev–Trinajstić information content (AvgIpc) is 2.32. The number of rotatable bonds is 0. The number of nitrogens with zero attached hydrogens (tertiary/aromatic N) is 2. The van der Waals surface area contributed by atoms with Crippen molar-refractivity contribution in [1.82, 2.24) is 0 Å². The standard InChI is InChI=1S/C11H12N2.C2H6/c1-13-6-2-3-10-5-4-9(8-12)7-11(10)13;1-2/h4-5,7H,2-3,6H2,1H3;1-2H3. The van der Waals surface area contributed by atoms with Gasteiger partial charge in [0.15, 0.2) is 0 Å². The summed E-state index contributed by atoms with van der Waals surface area (Å²) in [7, 11) is 2.08. The molecule has 0 saturated carbocycles. The minimum atomic E-state index is 0.757. The van der Waals surface area contributed by atoms with Crippen LogP contribution in [0.25, 0.3) is 0 Å². The summed E-state index contributed by atoms with van der Waals surface area (Å²) in [5, 5.41) is 8.76. The van der Waals surface area contributed by atoms with Crippen LogP contribution in [0.5, 0.6) is 0 Å². The first-order valence-electron chi connectivity index (χ1n) is 5.55. The molecule has 15 heavy (non-hydrogen) atoms. The van der Waals surface area contributed by atoms with Crippen molar-refractivity contribution in [2.75, 3.05) is 18.5 Å². The van der Waals surface area contributed by atoms with Gasteiger partial charge in [-0.1, -0.05) is 19.9 Å². The molecule has 0 aromatic heterocycles. The Morgan fingerprint density at radius 1 is 1.33 bits per heavy atom. The maximum Gasteiger partial charge on any atom is 0.0992 e.